The van der Waals surface area contributed by atoms with E-state index in [0.29, 0.717) is 25.3 Å². The second-order valence-corrected chi connectivity index (χ2v) is 4.85. The third kappa shape index (κ3) is 2.18. The van der Waals surface area contributed by atoms with Crippen molar-refractivity contribution in [2.24, 2.45) is 5.41 Å². The molecule has 1 fully saturated rings. The van der Waals surface area contributed by atoms with Crippen molar-refractivity contribution in [3.63, 3.8) is 0 Å². The van der Waals surface area contributed by atoms with Crippen LogP contribution in [0.4, 0.5) is 0 Å². The van der Waals surface area contributed by atoms with E-state index in [4.69, 9.17) is 0 Å². The van der Waals surface area contributed by atoms with Crippen molar-refractivity contribution in [1.29, 1.82) is 0 Å². The summed E-state index contributed by atoms with van der Waals surface area (Å²) in [6.07, 6.45) is 5.76. The van der Waals surface area contributed by atoms with Gasteiger partial charge in [0.15, 0.2) is 0 Å². The van der Waals surface area contributed by atoms with E-state index in [1.807, 2.05) is 18.4 Å². The molecule has 1 saturated carbocycles. The second kappa shape index (κ2) is 4.47. The molecule has 5 nitrogen and oxygen atoms in total. The Morgan fingerprint density at radius 1 is 1.53 bits per heavy atom. The molecule has 0 bridgehead atoms. The van der Waals surface area contributed by atoms with Gasteiger partial charge < -0.3 is 9.67 Å². The number of aromatic nitrogens is 3. The Bertz CT molecular complexity index is 406. The van der Waals surface area contributed by atoms with Gasteiger partial charge in [0.2, 0.25) is 0 Å². The van der Waals surface area contributed by atoms with Crippen molar-refractivity contribution in [3.8, 4) is 0 Å². The minimum Gasteiger partial charge on any atom is -0.481 e. The number of hydrogen-bond donors (Lipinski definition) is 1. The zero-order chi connectivity index (χ0) is 12.5. The van der Waals surface area contributed by atoms with Gasteiger partial charge in [-0.25, -0.2) is 0 Å². The summed E-state index contributed by atoms with van der Waals surface area (Å²) in [7, 11) is 0. The van der Waals surface area contributed by atoms with Gasteiger partial charge in [0.1, 0.15) is 12.2 Å². The molecule has 0 amide bonds. The number of carbonyl (C=O) groups is 1. The monoisotopic (exact) mass is 237 g/mol. The molecule has 17 heavy (non-hydrogen) atoms. The zero-order valence-electron chi connectivity index (χ0n) is 10.4. The fourth-order valence-electron chi connectivity index (χ4n) is 2.23. The summed E-state index contributed by atoms with van der Waals surface area (Å²) in [6, 6.07) is 0.500. The molecular weight excluding hydrogens is 218 g/mol. The van der Waals surface area contributed by atoms with Gasteiger partial charge >= 0.3 is 5.97 Å². The SMILES string of the molecule is CCC(CC)(Cc1nncn1C1CC1)C(=O)O. The van der Waals surface area contributed by atoms with E-state index in [-0.39, 0.29) is 0 Å². The lowest BCUT2D eigenvalue weighted by Gasteiger charge is -2.26. The predicted octanol–water partition coefficient (Wildman–Crippen LogP) is 2.05. The first-order chi connectivity index (χ1) is 8.13. The number of hydrogen-bond acceptors (Lipinski definition) is 3. The van der Waals surface area contributed by atoms with Gasteiger partial charge in [-0.15, -0.1) is 10.2 Å². The van der Waals surface area contributed by atoms with Crippen LogP contribution in [0, 0.1) is 5.41 Å². The third-order valence-corrected chi connectivity index (χ3v) is 3.89. The van der Waals surface area contributed by atoms with Crippen molar-refractivity contribution in [3.05, 3.63) is 12.2 Å². The van der Waals surface area contributed by atoms with E-state index >= 15 is 0 Å². The number of nitrogens with zero attached hydrogens (tertiary/aromatic N) is 3. The number of rotatable bonds is 6. The van der Waals surface area contributed by atoms with Gasteiger partial charge in [-0.2, -0.15) is 0 Å². The first-order valence-electron chi connectivity index (χ1n) is 6.24. The van der Waals surface area contributed by atoms with Crippen LogP contribution in [0.5, 0.6) is 0 Å². The average molecular weight is 237 g/mol. The topological polar surface area (TPSA) is 68.0 Å². The van der Waals surface area contributed by atoms with Crippen LogP contribution in [0.2, 0.25) is 0 Å². The highest BCUT2D eigenvalue weighted by atomic mass is 16.4. The predicted molar refractivity (Wildman–Crippen MR) is 62.6 cm³/mol. The van der Waals surface area contributed by atoms with Gasteiger partial charge in [0.25, 0.3) is 0 Å². The summed E-state index contributed by atoms with van der Waals surface area (Å²) in [5.41, 5.74) is -0.695. The molecule has 0 aromatic carbocycles. The van der Waals surface area contributed by atoms with Gasteiger partial charge in [-0.3, -0.25) is 4.79 Å². The normalized spacial score (nSPS) is 16.1. The minimum atomic E-state index is -0.729. The van der Waals surface area contributed by atoms with Gasteiger partial charge in [0, 0.05) is 12.5 Å². The van der Waals surface area contributed by atoms with Crippen molar-refractivity contribution >= 4 is 5.97 Å². The van der Waals surface area contributed by atoms with Gasteiger partial charge in [-0.05, 0) is 25.7 Å². The van der Waals surface area contributed by atoms with Crippen LogP contribution in [0.25, 0.3) is 0 Å². The van der Waals surface area contributed by atoms with E-state index in [9.17, 15) is 9.90 Å². The van der Waals surface area contributed by atoms with Crippen LogP contribution in [-0.2, 0) is 11.2 Å². The van der Waals surface area contributed by atoms with Crippen LogP contribution in [0.15, 0.2) is 6.33 Å². The fraction of sp³-hybridized carbons (Fsp3) is 0.750. The standard InChI is InChI=1S/C12H19N3O2/c1-3-12(4-2,11(16)17)7-10-14-13-8-15(10)9-5-6-9/h8-9H,3-7H2,1-2H3,(H,16,17). The molecule has 1 aliphatic carbocycles. The molecule has 0 spiro atoms. The molecule has 0 unspecified atom stereocenters. The van der Waals surface area contributed by atoms with E-state index in [2.05, 4.69) is 10.2 Å². The minimum absolute atomic E-state index is 0.478. The molecule has 0 atom stereocenters. The Labute approximate surface area is 101 Å². The number of aliphatic carboxylic acids is 1. The Morgan fingerprint density at radius 2 is 2.18 bits per heavy atom. The molecule has 2 rings (SSSR count). The summed E-state index contributed by atoms with van der Waals surface area (Å²) in [5, 5.41) is 17.4. The molecule has 0 saturated heterocycles. The van der Waals surface area contributed by atoms with Gasteiger partial charge in [-0.1, -0.05) is 13.8 Å². The molecule has 1 N–H and O–H groups in total. The highest BCUT2D eigenvalue weighted by molar-refractivity contribution is 5.74. The maximum Gasteiger partial charge on any atom is 0.310 e. The summed E-state index contributed by atoms with van der Waals surface area (Å²) >= 11 is 0. The van der Waals surface area contributed by atoms with Crippen LogP contribution < -0.4 is 0 Å². The molecule has 0 aliphatic heterocycles. The van der Waals surface area contributed by atoms with Crippen LogP contribution in [0.1, 0.15) is 51.4 Å². The largest absolute Gasteiger partial charge is 0.481 e. The first-order valence-corrected chi connectivity index (χ1v) is 6.24. The summed E-state index contributed by atoms with van der Waals surface area (Å²) in [6.45, 7) is 3.85. The second-order valence-electron chi connectivity index (χ2n) is 4.85. The summed E-state index contributed by atoms with van der Waals surface area (Å²) < 4.78 is 2.04. The van der Waals surface area contributed by atoms with E-state index in [0.717, 1.165) is 18.7 Å². The van der Waals surface area contributed by atoms with Crippen molar-refractivity contribution in [2.75, 3.05) is 0 Å². The quantitative estimate of drug-likeness (QED) is 0.822. The van der Waals surface area contributed by atoms with Crippen molar-refractivity contribution in [1.82, 2.24) is 14.8 Å². The zero-order valence-corrected chi connectivity index (χ0v) is 10.4. The van der Waals surface area contributed by atoms with E-state index < -0.39 is 11.4 Å². The molecule has 1 aliphatic rings. The van der Waals surface area contributed by atoms with E-state index in [1.54, 1.807) is 6.33 Å². The first kappa shape index (κ1) is 12.1. The van der Waals surface area contributed by atoms with Crippen molar-refractivity contribution in [2.45, 2.75) is 52.0 Å². The van der Waals surface area contributed by atoms with Crippen LogP contribution >= 0.6 is 0 Å². The smallest absolute Gasteiger partial charge is 0.310 e. The maximum absolute atomic E-state index is 11.4. The Kier molecular flexibility index (Phi) is 3.17. The number of carboxylic acids is 1. The summed E-state index contributed by atoms with van der Waals surface area (Å²) in [5.74, 6) is 0.0893. The highest BCUT2D eigenvalue weighted by Crippen LogP contribution is 2.37. The lowest BCUT2D eigenvalue weighted by Crippen LogP contribution is -2.33. The lowest BCUT2D eigenvalue weighted by molar-refractivity contribution is -0.149. The average Bonchev–Trinajstić information content (AvgIpc) is 3.06. The van der Waals surface area contributed by atoms with E-state index in [1.165, 1.54) is 0 Å². The number of carboxylic acid groups (broad SMARTS) is 1. The molecule has 1 aromatic heterocycles. The Morgan fingerprint density at radius 3 is 2.65 bits per heavy atom. The Balaban J connectivity index is 2.22. The molecule has 94 valence electrons. The molecule has 5 heteroatoms. The summed E-state index contributed by atoms with van der Waals surface area (Å²) in [4.78, 5) is 11.4. The Hall–Kier alpha value is -1.39. The molecule has 0 radical (unpaired) electrons. The maximum atomic E-state index is 11.4. The van der Waals surface area contributed by atoms with Crippen LogP contribution in [0.3, 0.4) is 0 Å². The lowest BCUT2D eigenvalue weighted by atomic mass is 9.79. The fourth-order valence-corrected chi connectivity index (χ4v) is 2.23. The molecule has 1 aromatic rings. The van der Waals surface area contributed by atoms with Crippen LogP contribution in [-0.4, -0.2) is 25.8 Å². The third-order valence-electron chi connectivity index (χ3n) is 3.89. The molecule has 1 heterocycles. The van der Waals surface area contributed by atoms with Crippen molar-refractivity contribution < 1.29 is 9.90 Å². The van der Waals surface area contributed by atoms with Gasteiger partial charge in [0.05, 0.1) is 5.41 Å². The molecular formula is C12H19N3O2. The highest BCUT2D eigenvalue weighted by Gasteiger charge is 2.38.